The molecule has 0 aromatic rings. The highest BCUT2D eigenvalue weighted by Crippen LogP contribution is 2.25. The summed E-state index contributed by atoms with van der Waals surface area (Å²) in [5, 5.41) is 0. The zero-order valence-corrected chi connectivity index (χ0v) is 8.90. The van der Waals surface area contributed by atoms with Crippen molar-refractivity contribution in [2.75, 3.05) is 13.2 Å². The third kappa shape index (κ3) is 1.91. The van der Waals surface area contributed by atoms with Gasteiger partial charge in [0.25, 0.3) is 0 Å². The van der Waals surface area contributed by atoms with E-state index in [2.05, 4.69) is 32.1 Å². The minimum absolute atomic E-state index is 0.150. The minimum Gasteiger partial charge on any atom is -0.369 e. The predicted molar refractivity (Wildman–Crippen MR) is 56.2 cm³/mol. The summed E-state index contributed by atoms with van der Waals surface area (Å²) in [4.78, 5) is 0. The first-order chi connectivity index (χ1) is 6.81. The summed E-state index contributed by atoms with van der Waals surface area (Å²) >= 11 is 0. The van der Waals surface area contributed by atoms with E-state index in [-0.39, 0.29) is 12.2 Å². The quantitative estimate of drug-likeness (QED) is 0.671. The van der Waals surface area contributed by atoms with Crippen LogP contribution >= 0.6 is 0 Å². The SMILES string of the molecule is CCC(C)C1=CC2OCCOC2C=C1. The van der Waals surface area contributed by atoms with E-state index in [9.17, 15) is 0 Å². The van der Waals surface area contributed by atoms with Crippen LogP contribution in [0.15, 0.2) is 23.8 Å². The van der Waals surface area contributed by atoms with E-state index in [1.54, 1.807) is 0 Å². The van der Waals surface area contributed by atoms with Crippen LogP contribution < -0.4 is 0 Å². The van der Waals surface area contributed by atoms with Gasteiger partial charge in [-0.2, -0.15) is 0 Å². The van der Waals surface area contributed by atoms with Gasteiger partial charge < -0.3 is 9.47 Å². The van der Waals surface area contributed by atoms with Gasteiger partial charge in [-0.05, 0) is 24.0 Å². The van der Waals surface area contributed by atoms with Gasteiger partial charge in [0.2, 0.25) is 0 Å². The van der Waals surface area contributed by atoms with Crippen LogP contribution in [0, 0.1) is 5.92 Å². The smallest absolute Gasteiger partial charge is 0.106 e. The van der Waals surface area contributed by atoms with Crippen molar-refractivity contribution in [1.82, 2.24) is 0 Å². The zero-order chi connectivity index (χ0) is 9.97. The fraction of sp³-hybridized carbons (Fsp3) is 0.667. The minimum atomic E-state index is 0.150. The molecule has 0 N–H and O–H groups in total. The Morgan fingerprint density at radius 2 is 2.07 bits per heavy atom. The van der Waals surface area contributed by atoms with Crippen molar-refractivity contribution in [3.63, 3.8) is 0 Å². The Hall–Kier alpha value is -0.600. The lowest BCUT2D eigenvalue weighted by Crippen LogP contribution is -2.37. The highest BCUT2D eigenvalue weighted by molar-refractivity contribution is 5.29. The molecule has 1 heterocycles. The molecule has 0 amide bonds. The molecule has 2 rings (SSSR count). The van der Waals surface area contributed by atoms with Crippen molar-refractivity contribution in [2.45, 2.75) is 32.5 Å². The van der Waals surface area contributed by atoms with Gasteiger partial charge in [0.15, 0.2) is 0 Å². The largest absolute Gasteiger partial charge is 0.369 e. The Balaban J connectivity index is 2.08. The van der Waals surface area contributed by atoms with Gasteiger partial charge in [0.05, 0.1) is 13.2 Å². The normalized spacial score (nSPS) is 33.4. The summed E-state index contributed by atoms with van der Waals surface area (Å²) in [6.07, 6.45) is 8.01. The van der Waals surface area contributed by atoms with Crippen molar-refractivity contribution in [3.05, 3.63) is 23.8 Å². The van der Waals surface area contributed by atoms with Crippen LogP contribution in [-0.2, 0) is 9.47 Å². The van der Waals surface area contributed by atoms with Gasteiger partial charge in [0.1, 0.15) is 12.2 Å². The van der Waals surface area contributed by atoms with Crippen LogP contribution in [0.5, 0.6) is 0 Å². The Morgan fingerprint density at radius 1 is 1.36 bits per heavy atom. The van der Waals surface area contributed by atoms with Gasteiger partial charge in [0, 0.05) is 0 Å². The maximum Gasteiger partial charge on any atom is 0.106 e. The fourth-order valence-corrected chi connectivity index (χ4v) is 1.88. The maximum atomic E-state index is 5.65. The van der Waals surface area contributed by atoms with E-state index in [1.807, 2.05) is 0 Å². The molecule has 0 saturated carbocycles. The number of hydrogen-bond donors (Lipinski definition) is 0. The molecule has 0 aromatic carbocycles. The molecule has 0 radical (unpaired) electrons. The first-order valence-electron chi connectivity index (χ1n) is 5.44. The van der Waals surface area contributed by atoms with E-state index in [4.69, 9.17) is 9.47 Å². The Labute approximate surface area is 85.6 Å². The van der Waals surface area contributed by atoms with E-state index in [0.717, 1.165) is 13.2 Å². The van der Waals surface area contributed by atoms with Crippen molar-refractivity contribution in [2.24, 2.45) is 5.92 Å². The van der Waals surface area contributed by atoms with Crippen LogP contribution in [0.3, 0.4) is 0 Å². The lowest BCUT2D eigenvalue weighted by atomic mass is 9.91. The highest BCUT2D eigenvalue weighted by atomic mass is 16.6. The average Bonchev–Trinajstić information content (AvgIpc) is 2.27. The average molecular weight is 194 g/mol. The Bertz CT molecular complexity index is 255. The van der Waals surface area contributed by atoms with Crippen molar-refractivity contribution in [1.29, 1.82) is 0 Å². The highest BCUT2D eigenvalue weighted by Gasteiger charge is 2.26. The molecule has 78 valence electrons. The van der Waals surface area contributed by atoms with Crippen LogP contribution in [0.25, 0.3) is 0 Å². The Kier molecular flexibility index (Phi) is 3.04. The summed E-state index contributed by atoms with van der Waals surface area (Å²) < 4.78 is 11.2. The molecule has 3 atom stereocenters. The Morgan fingerprint density at radius 3 is 2.79 bits per heavy atom. The molecule has 14 heavy (non-hydrogen) atoms. The molecule has 1 saturated heterocycles. The van der Waals surface area contributed by atoms with Crippen molar-refractivity contribution in [3.8, 4) is 0 Å². The summed E-state index contributed by atoms with van der Waals surface area (Å²) in [5.41, 5.74) is 1.39. The van der Waals surface area contributed by atoms with E-state index >= 15 is 0 Å². The number of fused-ring (bicyclic) bond motifs is 1. The maximum absolute atomic E-state index is 5.65. The molecule has 2 aliphatic rings. The molecule has 2 nitrogen and oxygen atoms in total. The second-order valence-electron chi connectivity index (χ2n) is 4.01. The number of ether oxygens (including phenoxy) is 2. The third-order valence-electron chi connectivity index (χ3n) is 3.04. The van der Waals surface area contributed by atoms with Crippen LogP contribution in [0.4, 0.5) is 0 Å². The molecule has 1 aliphatic heterocycles. The molecule has 0 spiro atoms. The van der Waals surface area contributed by atoms with Gasteiger partial charge in [-0.1, -0.05) is 26.0 Å². The monoisotopic (exact) mass is 194 g/mol. The molecule has 1 aliphatic carbocycles. The first-order valence-corrected chi connectivity index (χ1v) is 5.44. The summed E-state index contributed by atoms with van der Waals surface area (Å²) in [5.74, 6) is 0.623. The second-order valence-corrected chi connectivity index (χ2v) is 4.01. The molecular formula is C12H18O2. The van der Waals surface area contributed by atoms with E-state index < -0.39 is 0 Å². The molecular weight excluding hydrogens is 176 g/mol. The second kappa shape index (κ2) is 4.28. The number of hydrogen-bond acceptors (Lipinski definition) is 2. The molecule has 0 bridgehead atoms. The lowest BCUT2D eigenvalue weighted by Gasteiger charge is -2.31. The van der Waals surface area contributed by atoms with Gasteiger partial charge in [-0.3, -0.25) is 0 Å². The van der Waals surface area contributed by atoms with Crippen molar-refractivity contribution >= 4 is 0 Å². The molecule has 1 fully saturated rings. The predicted octanol–water partition coefficient (Wildman–Crippen LogP) is 2.31. The van der Waals surface area contributed by atoms with Gasteiger partial charge in [-0.25, -0.2) is 0 Å². The number of allylic oxidation sites excluding steroid dienone is 2. The van der Waals surface area contributed by atoms with Crippen molar-refractivity contribution < 1.29 is 9.47 Å². The summed E-state index contributed by atoms with van der Waals surface area (Å²) in [6.45, 7) is 5.90. The summed E-state index contributed by atoms with van der Waals surface area (Å²) in [7, 11) is 0. The van der Waals surface area contributed by atoms with Crippen LogP contribution in [-0.4, -0.2) is 25.4 Å². The van der Waals surface area contributed by atoms with Crippen LogP contribution in [0.2, 0.25) is 0 Å². The topological polar surface area (TPSA) is 18.5 Å². The number of rotatable bonds is 2. The zero-order valence-electron chi connectivity index (χ0n) is 8.90. The van der Waals surface area contributed by atoms with Gasteiger partial charge >= 0.3 is 0 Å². The standard InChI is InChI=1S/C12H18O2/c1-3-9(2)10-4-5-11-12(8-10)14-7-6-13-11/h4-5,8-9,11-12H,3,6-7H2,1-2H3. The van der Waals surface area contributed by atoms with E-state index in [1.165, 1.54) is 12.0 Å². The first kappa shape index (κ1) is 9.94. The molecule has 3 unspecified atom stereocenters. The van der Waals surface area contributed by atoms with Gasteiger partial charge in [-0.15, -0.1) is 0 Å². The third-order valence-corrected chi connectivity index (χ3v) is 3.04. The lowest BCUT2D eigenvalue weighted by molar-refractivity contribution is -0.102. The summed E-state index contributed by atoms with van der Waals surface area (Å²) in [6, 6.07) is 0. The molecule has 0 aromatic heterocycles. The fourth-order valence-electron chi connectivity index (χ4n) is 1.88. The molecule has 2 heteroatoms. The van der Waals surface area contributed by atoms with E-state index in [0.29, 0.717) is 5.92 Å². The van der Waals surface area contributed by atoms with Crippen LogP contribution in [0.1, 0.15) is 20.3 Å².